The molecule has 4 aliphatic carbocycles. The number of ether oxygens (including phenoxy) is 2. The van der Waals surface area contributed by atoms with Gasteiger partial charge in [-0.1, -0.05) is 32.9 Å². The number of hydrogen-bond donors (Lipinski definition) is 2. The maximum Gasteiger partial charge on any atom is 0.165 e. The van der Waals surface area contributed by atoms with Crippen molar-refractivity contribution in [2.45, 2.75) is 115 Å². The van der Waals surface area contributed by atoms with Crippen LogP contribution in [0.25, 0.3) is 0 Å². The molecule has 0 aromatic carbocycles. The van der Waals surface area contributed by atoms with Crippen molar-refractivity contribution in [1.29, 1.82) is 0 Å². The first kappa shape index (κ1) is 22.7. The van der Waals surface area contributed by atoms with Crippen LogP contribution in [0.3, 0.4) is 0 Å². The van der Waals surface area contributed by atoms with E-state index in [2.05, 4.69) is 34.3 Å². The summed E-state index contributed by atoms with van der Waals surface area (Å²) in [6.07, 6.45) is 6.59. The highest BCUT2D eigenvalue weighted by molar-refractivity contribution is 5.90. The van der Waals surface area contributed by atoms with E-state index in [0.29, 0.717) is 24.7 Å². The minimum Gasteiger partial charge on any atom is -0.393 e. The normalized spacial score (nSPS) is 56.6. The molecule has 0 aromatic rings. The van der Waals surface area contributed by atoms with Gasteiger partial charge in [-0.05, 0) is 75.5 Å². The second kappa shape index (κ2) is 6.93. The van der Waals surface area contributed by atoms with Crippen LogP contribution < -0.4 is 0 Å². The average molecular weight is 459 g/mol. The lowest BCUT2D eigenvalue weighted by Crippen LogP contribution is -2.69. The predicted molar refractivity (Wildman–Crippen MR) is 124 cm³/mol. The van der Waals surface area contributed by atoms with E-state index in [4.69, 9.17) is 9.47 Å². The second-order valence-corrected chi connectivity index (χ2v) is 13.3. The zero-order valence-electron chi connectivity index (χ0n) is 20.8. The van der Waals surface area contributed by atoms with E-state index in [9.17, 15) is 15.0 Å². The number of Topliss-reactive ketones (excluding diaryl/α,β-unsaturated/α-hetero) is 1. The van der Waals surface area contributed by atoms with Gasteiger partial charge in [0.15, 0.2) is 12.1 Å². The minimum atomic E-state index is -1.32. The van der Waals surface area contributed by atoms with Crippen molar-refractivity contribution in [3.63, 3.8) is 0 Å². The van der Waals surface area contributed by atoms with Crippen molar-refractivity contribution in [3.05, 3.63) is 12.2 Å². The van der Waals surface area contributed by atoms with E-state index in [0.717, 1.165) is 44.9 Å². The quantitative estimate of drug-likeness (QED) is 0.611. The third-order valence-electron chi connectivity index (χ3n) is 11.7. The van der Waals surface area contributed by atoms with Gasteiger partial charge in [-0.2, -0.15) is 0 Å². The molecule has 11 atom stereocenters. The number of allylic oxidation sites excluding steroid dienone is 1. The Balaban J connectivity index is 1.34. The lowest BCUT2D eigenvalue weighted by atomic mass is 9.42. The van der Waals surface area contributed by atoms with Gasteiger partial charge in [-0.15, -0.1) is 0 Å². The van der Waals surface area contributed by atoms with Crippen LogP contribution in [0, 0.1) is 40.4 Å². The smallest absolute Gasteiger partial charge is 0.165 e. The summed E-state index contributed by atoms with van der Waals surface area (Å²) in [5.41, 5.74) is -0.711. The van der Waals surface area contributed by atoms with Crippen LogP contribution in [0.5, 0.6) is 0 Å². The molecule has 5 heteroatoms. The van der Waals surface area contributed by atoms with Gasteiger partial charge in [0.25, 0.3) is 0 Å². The molecule has 1 unspecified atom stereocenters. The Morgan fingerprint density at radius 1 is 1.18 bits per heavy atom. The third kappa shape index (κ3) is 2.66. The Kier molecular flexibility index (Phi) is 4.76. The van der Waals surface area contributed by atoms with Crippen LogP contribution in [0.15, 0.2) is 12.2 Å². The van der Waals surface area contributed by atoms with E-state index >= 15 is 0 Å². The van der Waals surface area contributed by atoms with Crippen molar-refractivity contribution >= 4 is 5.78 Å². The van der Waals surface area contributed by atoms with Gasteiger partial charge in [-0.25, -0.2) is 0 Å². The molecule has 184 valence electrons. The van der Waals surface area contributed by atoms with Gasteiger partial charge in [0.2, 0.25) is 0 Å². The van der Waals surface area contributed by atoms with E-state index < -0.39 is 5.60 Å². The average Bonchev–Trinajstić information content (AvgIpc) is 3.28. The number of carbonyl (C=O) groups is 1. The molecular formula is C28H42O5. The molecule has 1 spiro atoms. The highest BCUT2D eigenvalue weighted by atomic mass is 16.7. The zero-order valence-corrected chi connectivity index (χ0v) is 20.8. The first-order chi connectivity index (χ1) is 15.5. The summed E-state index contributed by atoms with van der Waals surface area (Å²) in [4.78, 5) is 13.8. The monoisotopic (exact) mass is 458 g/mol. The maximum atomic E-state index is 13.8. The van der Waals surface area contributed by atoms with E-state index in [1.165, 1.54) is 5.57 Å². The van der Waals surface area contributed by atoms with Crippen LogP contribution in [-0.2, 0) is 14.3 Å². The fraction of sp³-hybridized carbons (Fsp3) is 0.893. The number of carbonyl (C=O) groups excluding carboxylic acids is 1. The zero-order chi connectivity index (χ0) is 23.6. The Hall–Kier alpha value is -0.750. The SMILES string of the molecule is C=C(CC[C@]1(C)OC2O[C@@H]3C[C@H]1[C@]21CC[C@@H]2[C@@]4(C)CC[C@H](O)C[C@@H]4CC(=O)[C@@]2(O)[C@H]31)C(C)C. The molecule has 2 heterocycles. The molecule has 5 nitrogen and oxygen atoms in total. The number of fused-ring (bicyclic) bond motifs is 3. The van der Waals surface area contributed by atoms with Crippen LogP contribution in [0.2, 0.25) is 0 Å². The molecule has 4 saturated carbocycles. The van der Waals surface area contributed by atoms with Crippen molar-refractivity contribution in [3.8, 4) is 0 Å². The van der Waals surface area contributed by atoms with Crippen molar-refractivity contribution in [2.75, 3.05) is 0 Å². The largest absolute Gasteiger partial charge is 0.393 e. The molecule has 2 saturated heterocycles. The van der Waals surface area contributed by atoms with E-state index in [1.807, 2.05) is 0 Å². The lowest BCUT2D eigenvalue weighted by Gasteiger charge is -2.62. The number of ketones is 1. The number of hydrogen-bond acceptors (Lipinski definition) is 5. The summed E-state index contributed by atoms with van der Waals surface area (Å²) in [5, 5.41) is 22.7. The Labute approximate surface area is 198 Å². The summed E-state index contributed by atoms with van der Waals surface area (Å²) >= 11 is 0. The number of aliphatic hydroxyl groups excluding tert-OH is 1. The molecule has 2 bridgehead atoms. The first-order valence-electron chi connectivity index (χ1n) is 13.4. The number of aliphatic hydroxyl groups is 2. The van der Waals surface area contributed by atoms with Gasteiger partial charge in [0.1, 0.15) is 5.60 Å². The van der Waals surface area contributed by atoms with Gasteiger partial charge in [-0.3, -0.25) is 4.79 Å². The number of rotatable bonds is 4. The fourth-order valence-corrected chi connectivity index (χ4v) is 9.83. The molecular weight excluding hydrogens is 416 g/mol. The van der Waals surface area contributed by atoms with Crippen LogP contribution in [0.4, 0.5) is 0 Å². The second-order valence-electron chi connectivity index (χ2n) is 13.3. The molecule has 0 radical (unpaired) electrons. The minimum absolute atomic E-state index is 0.00448. The molecule has 2 aliphatic heterocycles. The highest BCUT2D eigenvalue weighted by Gasteiger charge is 2.83. The third-order valence-corrected chi connectivity index (χ3v) is 11.7. The van der Waals surface area contributed by atoms with Crippen molar-refractivity contribution < 1.29 is 24.5 Å². The standard InChI is InChI=1S/C28H42O5/c1-15(2)16(3)6-10-26(5)21-14-19-23-27(21,24(32-19)33-26)11-8-20-25(4)9-7-18(29)12-17(25)13-22(30)28(20,23)31/h15,17-21,23-24,29,31H,3,6-14H2,1-2,4-5H3/t17-,18+,19-,20-,21-,23-,24?,25+,26+,27+,28-/m1/s1. The summed E-state index contributed by atoms with van der Waals surface area (Å²) < 4.78 is 13.2. The summed E-state index contributed by atoms with van der Waals surface area (Å²) in [6.45, 7) is 13.2. The van der Waals surface area contributed by atoms with Gasteiger partial charge in [0, 0.05) is 29.6 Å². The maximum absolute atomic E-state index is 13.8. The molecule has 0 amide bonds. The summed E-state index contributed by atoms with van der Waals surface area (Å²) in [5.74, 6) is 0.749. The van der Waals surface area contributed by atoms with Crippen molar-refractivity contribution in [2.24, 2.45) is 40.4 Å². The molecule has 33 heavy (non-hydrogen) atoms. The molecule has 6 fully saturated rings. The molecule has 6 aliphatic rings. The fourth-order valence-electron chi connectivity index (χ4n) is 9.83. The van der Waals surface area contributed by atoms with Crippen LogP contribution in [-0.4, -0.2) is 45.7 Å². The van der Waals surface area contributed by atoms with Gasteiger partial charge < -0.3 is 19.7 Å². The van der Waals surface area contributed by atoms with Crippen LogP contribution >= 0.6 is 0 Å². The summed E-state index contributed by atoms with van der Waals surface area (Å²) in [7, 11) is 0. The molecule has 6 rings (SSSR count). The lowest BCUT2D eigenvalue weighted by molar-refractivity contribution is -0.217. The summed E-state index contributed by atoms with van der Waals surface area (Å²) in [6, 6.07) is 0. The molecule has 0 aromatic heterocycles. The first-order valence-corrected chi connectivity index (χ1v) is 13.4. The van der Waals surface area contributed by atoms with Gasteiger partial charge in [0.05, 0.1) is 17.8 Å². The Morgan fingerprint density at radius 2 is 1.94 bits per heavy atom. The van der Waals surface area contributed by atoms with Crippen molar-refractivity contribution in [1.82, 2.24) is 0 Å². The topological polar surface area (TPSA) is 76.0 Å². The Morgan fingerprint density at radius 3 is 2.67 bits per heavy atom. The van der Waals surface area contributed by atoms with Gasteiger partial charge >= 0.3 is 0 Å². The molecule has 2 N–H and O–H groups in total. The Bertz CT molecular complexity index is 884. The highest BCUT2D eigenvalue weighted by Crippen LogP contribution is 2.77. The predicted octanol–water partition coefficient (Wildman–Crippen LogP) is 4.40. The van der Waals surface area contributed by atoms with E-state index in [-0.39, 0.29) is 58.5 Å². The van der Waals surface area contributed by atoms with Crippen LogP contribution in [0.1, 0.15) is 85.5 Å². The van der Waals surface area contributed by atoms with E-state index in [1.54, 1.807) is 0 Å².